The highest BCUT2D eigenvalue weighted by Crippen LogP contribution is 2.34. The number of halogens is 1. The lowest BCUT2D eigenvalue weighted by atomic mass is 10.1. The van der Waals surface area contributed by atoms with Crippen LogP contribution in [0.4, 0.5) is 0 Å². The summed E-state index contributed by atoms with van der Waals surface area (Å²) in [5.41, 5.74) is 0.0854. The highest BCUT2D eigenvalue weighted by molar-refractivity contribution is 6.30. The van der Waals surface area contributed by atoms with Gasteiger partial charge in [-0.1, -0.05) is 16.8 Å². The summed E-state index contributed by atoms with van der Waals surface area (Å²) in [5, 5.41) is 4.56. The molecule has 0 bridgehead atoms. The first kappa shape index (κ1) is 20.1. The van der Waals surface area contributed by atoms with Gasteiger partial charge in [0.25, 0.3) is 0 Å². The number of hydrogen-bond acceptors (Lipinski definition) is 7. The second kappa shape index (κ2) is 8.28. The molecule has 2 aromatic carbocycles. The van der Waals surface area contributed by atoms with Crippen LogP contribution in [0.1, 0.15) is 19.5 Å². The molecule has 0 unspecified atom stereocenters. The summed E-state index contributed by atoms with van der Waals surface area (Å²) in [5.74, 6) is 1.88. The fourth-order valence-corrected chi connectivity index (χ4v) is 2.99. The molecule has 1 aromatic heterocycles. The molecule has 0 atom stereocenters. The monoisotopic (exact) mass is 429 g/mol. The molecule has 8 heteroatoms. The van der Waals surface area contributed by atoms with Crippen molar-refractivity contribution in [3.05, 3.63) is 59.2 Å². The molecule has 0 saturated carbocycles. The third-order valence-electron chi connectivity index (χ3n) is 4.42. The van der Waals surface area contributed by atoms with E-state index in [2.05, 4.69) is 5.16 Å². The van der Waals surface area contributed by atoms with Crippen LogP contribution in [0, 0.1) is 0 Å². The molecule has 0 radical (unpaired) electrons. The first-order valence-electron chi connectivity index (χ1n) is 9.38. The second-order valence-electron chi connectivity index (χ2n) is 7.18. The van der Waals surface area contributed by atoms with E-state index in [0.717, 1.165) is 5.56 Å². The van der Waals surface area contributed by atoms with E-state index in [4.69, 9.17) is 35.1 Å². The summed E-state index contributed by atoms with van der Waals surface area (Å²) in [6.45, 7) is 4.26. The zero-order valence-electron chi connectivity index (χ0n) is 16.5. The number of ether oxygens (including phenoxy) is 4. The standard InChI is InChI=1S/C22H20ClNO6/c1-22(2,29-17-6-4-15(23)5-7-17)21(25)28-13-16-12-19(30-24-16)14-3-8-18-20(11-14)27-10-9-26-18/h3-8,11-12H,9-10,13H2,1-2H3. The normalized spacial score (nSPS) is 13.0. The van der Waals surface area contributed by atoms with E-state index in [9.17, 15) is 4.79 Å². The van der Waals surface area contributed by atoms with Crippen LogP contribution in [0.2, 0.25) is 5.02 Å². The van der Waals surface area contributed by atoms with Gasteiger partial charge >= 0.3 is 5.97 Å². The van der Waals surface area contributed by atoms with Gasteiger partial charge in [-0.2, -0.15) is 0 Å². The molecular weight excluding hydrogens is 410 g/mol. The average molecular weight is 430 g/mol. The van der Waals surface area contributed by atoms with Crippen LogP contribution in [-0.4, -0.2) is 29.9 Å². The van der Waals surface area contributed by atoms with Gasteiger partial charge in [0.15, 0.2) is 22.9 Å². The number of carbonyl (C=O) groups is 1. The quantitative estimate of drug-likeness (QED) is 0.527. The molecule has 1 aliphatic heterocycles. The third-order valence-corrected chi connectivity index (χ3v) is 4.67. The van der Waals surface area contributed by atoms with Gasteiger partial charge in [0, 0.05) is 16.7 Å². The number of aromatic nitrogens is 1. The number of benzene rings is 2. The van der Waals surface area contributed by atoms with Crippen LogP contribution in [0.5, 0.6) is 17.2 Å². The molecule has 4 rings (SSSR count). The molecule has 0 amide bonds. The first-order chi connectivity index (χ1) is 14.4. The molecule has 3 aromatic rings. The Kier molecular flexibility index (Phi) is 5.55. The summed E-state index contributed by atoms with van der Waals surface area (Å²) in [6.07, 6.45) is 0. The van der Waals surface area contributed by atoms with Crippen molar-refractivity contribution < 1.29 is 28.3 Å². The number of hydrogen-bond donors (Lipinski definition) is 0. The van der Waals surface area contributed by atoms with Crippen LogP contribution in [0.25, 0.3) is 11.3 Å². The molecule has 1 aliphatic rings. The van der Waals surface area contributed by atoms with Gasteiger partial charge in [-0.25, -0.2) is 4.79 Å². The number of rotatable bonds is 6. The zero-order valence-corrected chi connectivity index (χ0v) is 17.3. The molecular formula is C22H20ClNO6. The predicted molar refractivity (Wildman–Crippen MR) is 109 cm³/mol. The van der Waals surface area contributed by atoms with Gasteiger partial charge in [-0.05, 0) is 56.3 Å². The Balaban J connectivity index is 1.38. The number of fused-ring (bicyclic) bond motifs is 1. The predicted octanol–water partition coefficient (Wildman–Crippen LogP) is 4.67. The Morgan fingerprint density at radius 1 is 1.07 bits per heavy atom. The highest BCUT2D eigenvalue weighted by atomic mass is 35.5. The minimum Gasteiger partial charge on any atom is -0.486 e. The lowest BCUT2D eigenvalue weighted by molar-refractivity contribution is -0.160. The molecule has 0 N–H and O–H groups in total. The molecule has 156 valence electrons. The van der Waals surface area contributed by atoms with E-state index in [1.807, 2.05) is 18.2 Å². The van der Waals surface area contributed by atoms with Crippen molar-refractivity contribution in [2.45, 2.75) is 26.1 Å². The Morgan fingerprint density at radius 3 is 2.57 bits per heavy atom. The second-order valence-corrected chi connectivity index (χ2v) is 7.62. The topological polar surface area (TPSA) is 80.0 Å². The lowest BCUT2D eigenvalue weighted by Gasteiger charge is -2.24. The van der Waals surface area contributed by atoms with Gasteiger partial charge in [0.05, 0.1) is 0 Å². The molecule has 2 heterocycles. The summed E-state index contributed by atoms with van der Waals surface area (Å²) < 4.78 is 27.6. The van der Waals surface area contributed by atoms with E-state index in [-0.39, 0.29) is 6.61 Å². The SMILES string of the molecule is CC(C)(Oc1ccc(Cl)cc1)C(=O)OCc1cc(-c2ccc3c(c2)OCCO3)on1. The van der Waals surface area contributed by atoms with Crippen molar-refractivity contribution in [2.75, 3.05) is 13.2 Å². The van der Waals surface area contributed by atoms with Crippen molar-refractivity contribution >= 4 is 17.6 Å². The zero-order chi connectivity index (χ0) is 21.1. The number of carbonyl (C=O) groups excluding carboxylic acids is 1. The van der Waals surface area contributed by atoms with Crippen LogP contribution < -0.4 is 14.2 Å². The van der Waals surface area contributed by atoms with Crippen molar-refractivity contribution in [3.8, 4) is 28.6 Å². The van der Waals surface area contributed by atoms with Gasteiger partial charge in [0.2, 0.25) is 0 Å². The van der Waals surface area contributed by atoms with Crippen molar-refractivity contribution in [2.24, 2.45) is 0 Å². The molecule has 7 nitrogen and oxygen atoms in total. The fraction of sp³-hybridized carbons (Fsp3) is 0.273. The summed E-state index contributed by atoms with van der Waals surface area (Å²) in [7, 11) is 0. The third kappa shape index (κ3) is 4.52. The van der Waals surface area contributed by atoms with E-state index in [1.54, 1.807) is 44.2 Å². The van der Waals surface area contributed by atoms with Gasteiger partial charge in [-0.15, -0.1) is 0 Å². The van der Waals surface area contributed by atoms with Gasteiger partial charge < -0.3 is 23.5 Å². The fourth-order valence-electron chi connectivity index (χ4n) is 2.86. The molecule has 30 heavy (non-hydrogen) atoms. The van der Waals surface area contributed by atoms with E-state index < -0.39 is 11.6 Å². The van der Waals surface area contributed by atoms with E-state index >= 15 is 0 Å². The highest BCUT2D eigenvalue weighted by Gasteiger charge is 2.32. The van der Waals surface area contributed by atoms with E-state index in [1.165, 1.54) is 0 Å². The van der Waals surface area contributed by atoms with Crippen molar-refractivity contribution in [1.82, 2.24) is 5.16 Å². The number of esters is 1. The van der Waals surface area contributed by atoms with Crippen molar-refractivity contribution in [3.63, 3.8) is 0 Å². The van der Waals surface area contributed by atoms with E-state index in [0.29, 0.717) is 46.9 Å². The maximum absolute atomic E-state index is 12.5. The average Bonchev–Trinajstić information content (AvgIpc) is 3.22. The Morgan fingerprint density at radius 2 is 1.80 bits per heavy atom. The lowest BCUT2D eigenvalue weighted by Crippen LogP contribution is -2.39. The molecule has 0 saturated heterocycles. The molecule has 0 aliphatic carbocycles. The summed E-state index contributed by atoms with van der Waals surface area (Å²) >= 11 is 5.87. The largest absolute Gasteiger partial charge is 0.486 e. The number of nitrogens with zero attached hydrogens (tertiary/aromatic N) is 1. The molecule has 0 spiro atoms. The summed E-state index contributed by atoms with van der Waals surface area (Å²) in [4.78, 5) is 12.5. The Bertz CT molecular complexity index is 1040. The Hall–Kier alpha value is -3.19. The molecule has 0 fully saturated rings. The van der Waals surface area contributed by atoms with Crippen LogP contribution >= 0.6 is 11.6 Å². The smallest absolute Gasteiger partial charge is 0.350 e. The first-order valence-corrected chi connectivity index (χ1v) is 9.76. The van der Waals surface area contributed by atoms with Crippen LogP contribution in [0.15, 0.2) is 53.1 Å². The van der Waals surface area contributed by atoms with Gasteiger partial charge in [0.1, 0.15) is 31.3 Å². The minimum atomic E-state index is -1.18. The minimum absolute atomic E-state index is 0.0414. The van der Waals surface area contributed by atoms with Crippen LogP contribution in [-0.2, 0) is 16.1 Å². The van der Waals surface area contributed by atoms with Crippen molar-refractivity contribution in [1.29, 1.82) is 0 Å². The Labute approximate surface area is 178 Å². The maximum Gasteiger partial charge on any atom is 0.350 e. The van der Waals surface area contributed by atoms with Gasteiger partial charge in [-0.3, -0.25) is 0 Å². The maximum atomic E-state index is 12.5. The van der Waals surface area contributed by atoms with Crippen LogP contribution in [0.3, 0.4) is 0 Å². The summed E-state index contributed by atoms with van der Waals surface area (Å²) in [6, 6.07) is 14.0.